The van der Waals surface area contributed by atoms with Gasteiger partial charge < -0.3 is 14.3 Å². The Kier molecular flexibility index (Phi) is 5.63. The Hall–Kier alpha value is -1.75. The Balaban J connectivity index is 3.23. The van der Waals surface area contributed by atoms with E-state index >= 15 is 0 Å². The highest BCUT2D eigenvalue weighted by Gasteiger charge is 2.40. The van der Waals surface area contributed by atoms with Crippen molar-refractivity contribution in [1.29, 1.82) is 0 Å². The lowest BCUT2D eigenvalue weighted by molar-refractivity contribution is -0.149. The number of rotatable bonds is 7. The second kappa shape index (κ2) is 6.99. The fourth-order valence-electron chi connectivity index (χ4n) is 2.05. The van der Waals surface area contributed by atoms with Gasteiger partial charge in [-0.25, -0.2) is 4.39 Å². The van der Waals surface area contributed by atoms with Crippen molar-refractivity contribution >= 4 is 12.3 Å². The van der Waals surface area contributed by atoms with Gasteiger partial charge in [0, 0.05) is 20.1 Å². The number of ether oxygens (including phenoxy) is 2. The van der Waals surface area contributed by atoms with E-state index < -0.39 is 17.2 Å². The lowest BCUT2D eigenvalue weighted by Gasteiger charge is -2.29. The molecule has 0 aromatic heterocycles. The molecule has 0 N–H and O–H groups in total. The van der Waals surface area contributed by atoms with Crippen molar-refractivity contribution in [3.8, 4) is 0 Å². The molecule has 0 bridgehead atoms. The maximum absolute atomic E-state index is 13.0. The third-order valence-electron chi connectivity index (χ3n) is 3.14. The second-order valence-corrected chi connectivity index (χ2v) is 4.19. The van der Waals surface area contributed by atoms with Crippen LogP contribution >= 0.6 is 0 Å². The van der Waals surface area contributed by atoms with Crippen LogP contribution in [-0.2, 0) is 24.5 Å². The minimum atomic E-state index is -1.12. The number of carbonyl (C=O) groups is 2. The van der Waals surface area contributed by atoms with Crippen molar-refractivity contribution in [2.24, 2.45) is 0 Å². The number of esters is 1. The fraction of sp³-hybridized carbons (Fsp3) is 0.429. The molecule has 1 aromatic rings. The van der Waals surface area contributed by atoms with E-state index in [-0.39, 0.29) is 6.42 Å². The summed E-state index contributed by atoms with van der Waals surface area (Å²) in [5.74, 6) is -0.927. The van der Waals surface area contributed by atoms with Crippen LogP contribution in [0.1, 0.15) is 18.4 Å². The normalized spacial score (nSPS) is 13.6. The number of benzene rings is 1. The van der Waals surface area contributed by atoms with E-state index in [0.717, 1.165) is 0 Å². The summed E-state index contributed by atoms with van der Waals surface area (Å²) in [6.45, 7) is 0.292. The molecule has 0 aliphatic carbocycles. The van der Waals surface area contributed by atoms with Gasteiger partial charge in [-0.05, 0) is 24.1 Å². The molecule has 0 fully saturated rings. The molecule has 0 saturated heterocycles. The molecule has 0 aliphatic heterocycles. The summed E-state index contributed by atoms with van der Waals surface area (Å²) < 4.78 is 22.8. The van der Waals surface area contributed by atoms with Crippen LogP contribution in [0.3, 0.4) is 0 Å². The van der Waals surface area contributed by atoms with E-state index in [9.17, 15) is 14.0 Å². The first-order chi connectivity index (χ1) is 9.10. The van der Waals surface area contributed by atoms with Crippen LogP contribution in [0.15, 0.2) is 24.3 Å². The van der Waals surface area contributed by atoms with E-state index in [0.29, 0.717) is 24.9 Å². The van der Waals surface area contributed by atoms with Gasteiger partial charge in [0.05, 0.1) is 7.11 Å². The van der Waals surface area contributed by atoms with Crippen LogP contribution in [0.5, 0.6) is 0 Å². The summed E-state index contributed by atoms with van der Waals surface area (Å²) in [7, 11) is 2.77. The summed E-state index contributed by atoms with van der Waals surface area (Å²) in [6.07, 6.45) is 0.922. The largest absolute Gasteiger partial charge is 0.468 e. The average molecular weight is 268 g/mol. The molecule has 1 rings (SSSR count). The van der Waals surface area contributed by atoms with E-state index in [2.05, 4.69) is 0 Å². The quantitative estimate of drug-likeness (QED) is 0.559. The van der Waals surface area contributed by atoms with Gasteiger partial charge in [0.2, 0.25) is 0 Å². The topological polar surface area (TPSA) is 52.6 Å². The van der Waals surface area contributed by atoms with Gasteiger partial charge in [0.1, 0.15) is 17.5 Å². The lowest BCUT2D eigenvalue weighted by atomic mass is 9.75. The predicted molar refractivity (Wildman–Crippen MR) is 67.3 cm³/mol. The molecule has 0 amide bonds. The molecule has 0 saturated carbocycles. The highest BCUT2D eigenvalue weighted by molar-refractivity contribution is 5.86. The summed E-state index contributed by atoms with van der Waals surface area (Å²) in [4.78, 5) is 23.0. The number of halogens is 1. The van der Waals surface area contributed by atoms with Crippen molar-refractivity contribution in [3.63, 3.8) is 0 Å². The smallest absolute Gasteiger partial charge is 0.316 e. The molecular weight excluding hydrogens is 251 g/mol. The number of methoxy groups -OCH3 is 2. The molecule has 0 unspecified atom stereocenters. The van der Waals surface area contributed by atoms with Gasteiger partial charge in [0.15, 0.2) is 0 Å². The van der Waals surface area contributed by atoms with Crippen molar-refractivity contribution in [1.82, 2.24) is 0 Å². The molecule has 5 heteroatoms. The van der Waals surface area contributed by atoms with E-state index in [1.165, 1.54) is 38.5 Å². The van der Waals surface area contributed by atoms with Crippen LogP contribution < -0.4 is 0 Å². The highest BCUT2D eigenvalue weighted by atomic mass is 19.1. The van der Waals surface area contributed by atoms with Crippen LogP contribution in [0.4, 0.5) is 4.39 Å². The highest BCUT2D eigenvalue weighted by Crippen LogP contribution is 2.33. The Morgan fingerprint density at radius 1 is 1.32 bits per heavy atom. The molecular formula is C14H17FO4. The first-order valence-electron chi connectivity index (χ1n) is 5.87. The Morgan fingerprint density at radius 2 is 1.95 bits per heavy atom. The Morgan fingerprint density at radius 3 is 2.42 bits per heavy atom. The minimum absolute atomic E-state index is 0.0331. The van der Waals surface area contributed by atoms with Crippen LogP contribution in [-0.4, -0.2) is 33.1 Å². The zero-order valence-corrected chi connectivity index (χ0v) is 11.0. The first kappa shape index (κ1) is 15.3. The van der Waals surface area contributed by atoms with Gasteiger partial charge in [-0.1, -0.05) is 12.1 Å². The third kappa shape index (κ3) is 3.38. The molecule has 104 valence electrons. The van der Waals surface area contributed by atoms with Gasteiger partial charge >= 0.3 is 5.97 Å². The van der Waals surface area contributed by atoms with Crippen LogP contribution in [0.25, 0.3) is 0 Å². The molecule has 0 radical (unpaired) electrons. The van der Waals surface area contributed by atoms with Crippen molar-refractivity contribution in [2.75, 3.05) is 20.8 Å². The van der Waals surface area contributed by atoms with Crippen LogP contribution in [0.2, 0.25) is 0 Å². The summed E-state index contributed by atoms with van der Waals surface area (Å²) in [5.41, 5.74) is -0.579. The Labute approximate surface area is 111 Å². The van der Waals surface area contributed by atoms with Gasteiger partial charge in [-0.15, -0.1) is 0 Å². The minimum Gasteiger partial charge on any atom is -0.468 e. The molecule has 0 heterocycles. The third-order valence-corrected chi connectivity index (χ3v) is 3.14. The SMILES string of the molecule is COCC[C@@](CC=O)(C(=O)OC)c1ccc(F)cc1. The van der Waals surface area contributed by atoms with E-state index in [1.54, 1.807) is 0 Å². The molecule has 4 nitrogen and oxygen atoms in total. The Bertz CT molecular complexity index is 430. The first-order valence-corrected chi connectivity index (χ1v) is 5.87. The molecule has 0 spiro atoms. The standard InChI is InChI=1S/C14H17FO4/c1-18-10-8-14(7-9-16,13(17)19-2)11-3-5-12(15)6-4-11/h3-6,9H,7-8,10H2,1-2H3/t14-/m1/s1. The second-order valence-electron chi connectivity index (χ2n) is 4.19. The monoisotopic (exact) mass is 268 g/mol. The van der Waals surface area contributed by atoms with Crippen molar-refractivity contribution < 1.29 is 23.5 Å². The maximum atomic E-state index is 13.0. The van der Waals surface area contributed by atoms with Gasteiger partial charge in [-0.2, -0.15) is 0 Å². The lowest BCUT2D eigenvalue weighted by Crippen LogP contribution is -2.38. The number of hydrogen-bond donors (Lipinski definition) is 0. The van der Waals surface area contributed by atoms with Crippen molar-refractivity contribution in [3.05, 3.63) is 35.6 Å². The molecule has 1 atom stereocenters. The van der Waals surface area contributed by atoms with Gasteiger partial charge in [0.25, 0.3) is 0 Å². The number of hydrogen-bond acceptors (Lipinski definition) is 4. The summed E-state index contributed by atoms with van der Waals surface area (Å²) in [5, 5.41) is 0. The molecule has 19 heavy (non-hydrogen) atoms. The van der Waals surface area contributed by atoms with Gasteiger partial charge in [-0.3, -0.25) is 4.79 Å². The zero-order valence-electron chi connectivity index (χ0n) is 11.0. The van der Waals surface area contributed by atoms with Crippen molar-refractivity contribution in [2.45, 2.75) is 18.3 Å². The number of carbonyl (C=O) groups excluding carboxylic acids is 2. The molecule has 0 aliphatic rings. The summed E-state index contributed by atoms with van der Waals surface area (Å²) >= 11 is 0. The van der Waals surface area contributed by atoms with E-state index in [4.69, 9.17) is 9.47 Å². The van der Waals surface area contributed by atoms with E-state index in [1.807, 2.05) is 0 Å². The predicted octanol–water partition coefficient (Wildman–Crippen LogP) is 1.86. The molecule has 1 aromatic carbocycles. The fourth-order valence-corrected chi connectivity index (χ4v) is 2.05. The maximum Gasteiger partial charge on any atom is 0.316 e. The zero-order chi connectivity index (χ0) is 14.3. The number of aldehydes is 1. The van der Waals surface area contributed by atoms with Crippen LogP contribution in [0, 0.1) is 5.82 Å². The summed E-state index contributed by atoms with van der Waals surface area (Å²) in [6, 6.07) is 5.49. The average Bonchev–Trinajstić information content (AvgIpc) is 2.43.